The first kappa shape index (κ1) is 13.6. The van der Waals surface area contributed by atoms with Gasteiger partial charge in [0.15, 0.2) is 0 Å². The van der Waals surface area contributed by atoms with Crippen LogP contribution in [0.5, 0.6) is 0 Å². The number of hydrogen-bond donors (Lipinski definition) is 1. The molecule has 0 radical (unpaired) electrons. The lowest BCUT2D eigenvalue weighted by molar-refractivity contribution is 0.826. The van der Waals surface area contributed by atoms with E-state index in [0.717, 1.165) is 40.0 Å². The summed E-state index contributed by atoms with van der Waals surface area (Å²) >= 11 is 10.6. The number of rotatable bonds is 7. The predicted molar refractivity (Wildman–Crippen MR) is 79.6 cm³/mol. The average molecular weight is 258 g/mol. The van der Waals surface area contributed by atoms with Crippen molar-refractivity contribution in [1.82, 2.24) is 0 Å². The minimum Gasteiger partial charge on any atom is -0.382 e. The zero-order chi connectivity index (χ0) is 12.1. The Labute approximate surface area is 110 Å². The summed E-state index contributed by atoms with van der Waals surface area (Å²) in [6, 6.07) is 0. The quantitative estimate of drug-likeness (QED) is 0.578. The number of anilines is 2. The molecule has 0 atom stereocenters. The molecule has 0 bridgehead atoms. The van der Waals surface area contributed by atoms with Crippen molar-refractivity contribution in [1.29, 1.82) is 0 Å². The number of hydrogen-bond acceptors (Lipinski definition) is 4. The molecule has 92 valence electrons. The highest BCUT2D eigenvalue weighted by molar-refractivity contribution is 7.74. The third-order valence-electron chi connectivity index (χ3n) is 2.80. The lowest BCUT2D eigenvalue weighted by Crippen LogP contribution is -2.25. The summed E-state index contributed by atoms with van der Waals surface area (Å²) in [5.74, 6) is 0. The summed E-state index contributed by atoms with van der Waals surface area (Å²) < 4.78 is 1.70. The third kappa shape index (κ3) is 2.61. The summed E-state index contributed by atoms with van der Waals surface area (Å²) in [7, 11) is 0. The Morgan fingerprint density at radius 1 is 1.12 bits per heavy atom. The first-order chi connectivity index (χ1) is 7.67. The molecule has 16 heavy (non-hydrogen) atoms. The lowest BCUT2D eigenvalue weighted by atomic mass is 10.2. The lowest BCUT2D eigenvalue weighted by Gasteiger charge is -2.27. The molecule has 4 heteroatoms. The number of unbranched alkanes of at least 4 members (excludes halogenated alkanes) is 1. The topological polar surface area (TPSA) is 15.3 Å². The summed E-state index contributed by atoms with van der Waals surface area (Å²) in [5.41, 5.74) is 2.25. The van der Waals surface area contributed by atoms with Crippen LogP contribution < -0.4 is 10.2 Å². The highest BCUT2D eigenvalue weighted by Crippen LogP contribution is 2.35. The molecular weight excluding hydrogens is 236 g/mol. The van der Waals surface area contributed by atoms with E-state index in [0.29, 0.717) is 0 Å². The van der Waals surface area contributed by atoms with Crippen LogP contribution in [0.25, 0.3) is 0 Å². The van der Waals surface area contributed by atoms with Crippen molar-refractivity contribution in [3.8, 4) is 0 Å². The van der Waals surface area contributed by atoms with E-state index in [-0.39, 0.29) is 1.43 Å². The second-order valence-electron chi connectivity index (χ2n) is 3.83. The van der Waals surface area contributed by atoms with Crippen LogP contribution in [-0.2, 0) is 0 Å². The Bertz CT molecular complexity index is 407. The van der Waals surface area contributed by atoms with Crippen molar-refractivity contribution < 1.29 is 1.43 Å². The van der Waals surface area contributed by atoms with Gasteiger partial charge in [0.05, 0.1) is 20.4 Å². The van der Waals surface area contributed by atoms with Crippen molar-refractivity contribution in [2.75, 3.05) is 29.9 Å². The molecule has 0 amide bonds. The van der Waals surface area contributed by atoms with Gasteiger partial charge in [0.2, 0.25) is 0 Å². The summed E-state index contributed by atoms with van der Waals surface area (Å²) in [4.78, 5) is 2.27. The number of nitrogens with one attached hydrogen (secondary N) is 1. The highest BCUT2D eigenvalue weighted by atomic mass is 32.1. The van der Waals surface area contributed by atoms with E-state index in [4.69, 9.17) is 24.4 Å². The van der Waals surface area contributed by atoms with E-state index in [1.165, 1.54) is 12.8 Å². The molecule has 0 fully saturated rings. The first-order valence-electron chi connectivity index (χ1n) is 5.99. The van der Waals surface area contributed by atoms with Crippen molar-refractivity contribution >= 4 is 35.8 Å². The largest absolute Gasteiger partial charge is 0.382 e. The van der Waals surface area contributed by atoms with Crippen LogP contribution in [0.1, 0.15) is 35.0 Å². The molecule has 1 N–H and O–H groups in total. The van der Waals surface area contributed by atoms with Crippen LogP contribution >= 0.6 is 24.4 Å². The maximum Gasteiger partial charge on any atom is 0.0834 e. The summed E-state index contributed by atoms with van der Waals surface area (Å²) in [6.45, 7) is 9.42. The van der Waals surface area contributed by atoms with Crippen LogP contribution in [0.3, 0.4) is 0 Å². The van der Waals surface area contributed by atoms with Crippen LogP contribution in [0.2, 0.25) is 0 Å². The molecule has 1 rings (SSSR count). The summed E-state index contributed by atoms with van der Waals surface area (Å²) in [6.07, 6.45) is 2.36. The number of nitrogens with zero attached hydrogens (tertiary/aromatic N) is 1. The van der Waals surface area contributed by atoms with Crippen molar-refractivity contribution in [3.05, 3.63) is 9.02 Å². The van der Waals surface area contributed by atoms with Gasteiger partial charge in [-0.1, -0.05) is 37.8 Å². The van der Waals surface area contributed by atoms with Crippen LogP contribution in [0.15, 0.2) is 0 Å². The molecule has 0 saturated heterocycles. The third-order valence-corrected chi connectivity index (χ3v) is 3.73. The van der Waals surface area contributed by atoms with Gasteiger partial charge >= 0.3 is 0 Å². The van der Waals surface area contributed by atoms with Crippen molar-refractivity contribution in [3.63, 3.8) is 0 Å². The van der Waals surface area contributed by atoms with Gasteiger partial charge in [-0.25, -0.2) is 0 Å². The average Bonchev–Trinajstić information content (AvgIpc) is 2.32. The fourth-order valence-electron chi connectivity index (χ4n) is 1.78. The Kier molecular flexibility index (Phi) is 5.35. The van der Waals surface area contributed by atoms with E-state index in [2.05, 4.69) is 31.0 Å². The zero-order valence-electron chi connectivity index (χ0n) is 10.3. The Morgan fingerprint density at radius 3 is 2.25 bits per heavy atom. The zero-order valence-corrected chi connectivity index (χ0v) is 11.9. The van der Waals surface area contributed by atoms with Crippen LogP contribution in [0.4, 0.5) is 11.4 Å². The van der Waals surface area contributed by atoms with E-state index in [1.807, 2.05) is 0 Å². The molecule has 2 nitrogen and oxygen atoms in total. The van der Waals surface area contributed by atoms with Gasteiger partial charge in [0.1, 0.15) is 0 Å². The molecule has 0 unspecified atom stereocenters. The van der Waals surface area contributed by atoms with Crippen LogP contribution in [-0.4, -0.2) is 19.6 Å². The van der Waals surface area contributed by atoms with Gasteiger partial charge in [0.25, 0.3) is 0 Å². The van der Waals surface area contributed by atoms with Gasteiger partial charge in [-0.05, 0) is 20.3 Å². The fraction of sp³-hybridized carbons (Fsp3) is 0.667. The predicted octanol–water partition coefficient (Wildman–Crippen LogP) is 4.33. The molecule has 1 aromatic rings. The fourth-order valence-corrected chi connectivity index (χ4v) is 2.37. The van der Waals surface area contributed by atoms with Crippen molar-refractivity contribution in [2.24, 2.45) is 0 Å². The molecule has 0 aromatic heterocycles. The SMILES string of the molecule is CCCCNc1c(N(CC)CC)c(=S)c1=S.[HH]. The van der Waals surface area contributed by atoms with Crippen LogP contribution in [0, 0.1) is 9.02 Å². The molecule has 1 aromatic carbocycles. The minimum absolute atomic E-state index is 0. The normalized spacial score (nSPS) is 10.7. The molecule has 0 aliphatic rings. The van der Waals surface area contributed by atoms with Gasteiger partial charge in [-0.3, -0.25) is 0 Å². The van der Waals surface area contributed by atoms with E-state index < -0.39 is 0 Å². The molecule has 0 aliphatic carbocycles. The van der Waals surface area contributed by atoms with E-state index >= 15 is 0 Å². The van der Waals surface area contributed by atoms with E-state index in [9.17, 15) is 0 Å². The minimum atomic E-state index is 0. The molecular formula is C12H22N2S2. The Balaban J connectivity index is 0.00000256. The maximum atomic E-state index is 5.31. The van der Waals surface area contributed by atoms with E-state index in [1.54, 1.807) is 0 Å². The summed E-state index contributed by atoms with van der Waals surface area (Å²) in [5, 5.41) is 3.41. The maximum absolute atomic E-state index is 5.31. The van der Waals surface area contributed by atoms with Gasteiger partial charge in [-0.15, -0.1) is 0 Å². The second kappa shape index (κ2) is 6.30. The molecule has 0 saturated carbocycles. The Hall–Kier alpha value is -0.480. The second-order valence-corrected chi connectivity index (χ2v) is 4.65. The molecule has 0 heterocycles. The standard InChI is InChI=1S/C12H20N2S2.H2/c1-4-7-8-13-9-10(12(16)11(9)15)14(5-2)6-3;/h13H,4-8H2,1-3H3;1H. The monoisotopic (exact) mass is 258 g/mol. The highest BCUT2D eigenvalue weighted by Gasteiger charge is 2.18. The first-order valence-corrected chi connectivity index (χ1v) is 6.81. The molecule has 0 aliphatic heterocycles. The van der Waals surface area contributed by atoms with Gasteiger partial charge in [0, 0.05) is 21.1 Å². The molecule has 0 spiro atoms. The van der Waals surface area contributed by atoms with Gasteiger partial charge in [-0.2, -0.15) is 0 Å². The smallest absolute Gasteiger partial charge is 0.0834 e. The van der Waals surface area contributed by atoms with Gasteiger partial charge < -0.3 is 10.2 Å². The van der Waals surface area contributed by atoms with Crippen molar-refractivity contribution in [2.45, 2.75) is 33.6 Å². The Morgan fingerprint density at radius 2 is 1.75 bits per heavy atom.